The quantitative estimate of drug-likeness (QED) is 0.0215. The fourth-order valence-corrected chi connectivity index (χ4v) is 10.6. The van der Waals surface area contributed by atoms with Crippen LogP contribution in [0.25, 0.3) is 0 Å². The molecule has 1 fully saturated rings. The van der Waals surface area contributed by atoms with Gasteiger partial charge in [-0.2, -0.15) is 0 Å². The molecule has 9 unspecified atom stereocenters. The molecule has 1 saturated heterocycles. The van der Waals surface area contributed by atoms with E-state index in [-0.39, 0.29) is 6.42 Å². The smallest absolute Gasteiger partial charge is 0.249 e. The third-order valence-electron chi connectivity index (χ3n) is 15.8. The Morgan fingerprint density at radius 2 is 0.784 bits per heavy atom. The van der Waals surface area contributed by atoms with Crippen molar-refractivity contribution in [3.8, 4) is 0 Å². The van der Waals surface area contributed by atoms with E-state index in [2.05, 4.69) is 31.3 Å². The van der Waals surface area contributed by atoms with Crippen LogP contribution in [-0.4, -0.2) is 110 Å². The molecule has 1 aliphatic heterocycles. The minimum absolute atomic E-state index is 0.263. The minimum atomic E-state index is -1.66. The Hall–Kier alpha value is -1.15. The number of rotatable bonds is 56. The second-order valence-corrected chi connectivity index (χ2v) is 22.8. The zero-order valence-corrected chi connectivity index (χ0v) is 48.4. The van der Waals surface area contributed by atoms with Crippen LogP contribution in [-0.2, 0) is 14.3 Å². The zero-order chi connectivity index (χ0) is 54.0. The molecule has 9 atom stereocenters. The van der Waals surface area contributed by atoms with E-state index in [0.29, 0.717) is 19.3 Å². The summed E-state index contributed by atoms with van der Waals surface area (Å²) in [4.78, 5) is 13.2. The van der Waals surface area contributed by atoms with Crippen LogP contribution in [0.2, 0.25) is 0 Å². The van der Waals surface area contributed by atoms with E-state index in [9.17, 15) is 40.5 Å². The van der Waals surface area contributed by atoms with Crippen LogP contribution in [0.5, 0.6) is 0 Å². The number of nitrogens with one attached hydrogen (secondary N) is 1. The van der Waals surface area contributed by atoms with Crippen molar-refractivity contribution in [2.45, 2.75) is 371 Å². The number of carbonyl (C=O) groups is 1. The van der Waals surface area contributed by atoms with Crippen LogP contribution >= 0.6 is 0 Å². The second-order valence-electron chi connectivity index (χ2n) is 22.8. The Kier molecular flexibility index (Phi) is 50.3. The van der Waals surface area contributed by atoms with Gasteiger partial charge in [-0.05, 0) is 38.5 Å². The molecule has 0 aliphatic carbocycles. The average molecular weight is 1050 g/mol. The summed E-state index contributed by atoms with van der Waals surface area (Å²) in [7, 11) is 0. The lowest BCUT2D eigenvalue weighted by atomic mass is 9.98. The molecule has 74 heavy (non-hydrogen) atoms. The lowest BCUT2D eigenvalue weighted by Crippen LogP contribution is -2.60. The topological polar surface area (TPSA) is 189 Å². The maximum absolute atomic E-state index is 13.2. The summed E-state index contributed by atoms with van der Waals surface area (Å²) in [5, 5.41) is 76.3. The lowest BCUT2D eigenvalue weighted by molar-refractivity contribution is -0.303. The van der Waals surface area contributed by atoms with Gasteiger partial charge >= 0.3 is 0 Å². The highest BCUT2D eigenvalue weighted by Crippen LogP contribution is 2.24. The largest absolute Gasteiger partial charge is 0.394 e. The first-order chi connectivity index (χ1) is 36.2. The van der Waals surface area contributed by atoms with Crippen LogP contribution in [0.3, 0.4) is 0 Å². The van der Waals surface area contributed by atoms with Crippen molar-refractivity contribution in [2.75, 3.05) is 13.2 Å². The van der Waals surface area contributed by atoms with Gasteiger partial charge in [0, 0.05) is 0 Å². The van der Waals surface area contributed by atoms with Crippen molar-refractivity contribution in [1.82, 2.24) is 5.32 Å². The first-order valence-corrected chi connectivity index (χ1v) is 32.1. The molecule has 0 saturated carbocycles. The highest BCUT2D eigenvalue weighted by Gasteiger charge is 2.44. The van der Waals surface area contributed by atoms with Crippen LogP contribution in [0.4, 0.5) is 0 Å². The van der Waals surface area contributed by atoms with Gasteiger partial charge in [-0.1, -0.05) is 289 Å². The predicted octanol–water partition coefficient (Wildman–Crippen LogP) is 14.3. The summed E-state index contributed by atoms with van der Waals surface area (Å²) in [5.74, 6) is -0.691. The van der Waals surface area contributed by atoms with Gasteiger partial charge in [0.15, 0.2) is 6.29 Å². The summed E-state index contributed by atoms with van der Waals surface area (Å²) < 4.78 is 11.2. The van der Waals surface area contributed by atoms with Crippen molar-refractivity contribution in [1.29, 1.82) is 0 Å². The summed E-state index contributed by atoms with van der Waals surface area (Å²) in [5.41, 5.74) is 0. The Bertz CT molecular complexity index is 1210. The highest BCUT2D eigenvalue weighted by atomic mass is 16.7. The number of hydrogen-bond donors (Lipinski definition) is 8. The molecular formula is C63H123NO10. The maximum atomic E-state index is 13.2. The normalized spacial score (nSPS) is 19.8. The SMILES string of the molecule is CCCCCCCCCCCCCC/C=C\CCCCCCCCCCCCCCC(O)C(=O)NC(COC1OC(CO)C(O)C(O)C1O)C(O)C(O)CCCCCCCCCCCCCCCCCCCCC. The molecule has 1 aliphatic rings. The first kappa shape index (κ1) is 70.9. The summed E-state index contributed by atoms with van der Waals surface area (Å²) in [6.45, 7) is 3.51. The van der Waals surface area contributed by atoms with Crippen LogP contribution in [0, 0.1) is 0 Å². The van der Waals surface area contributed by atoms with E-state index in [4.69, 9.17) is 9.47 Å². The van der Waals surface area contributed by atoms with Crippen molar-refractivity contribution in [3.63, 3.8) is 0 Å². The van der Waals surface area contributed by atoms with Crippen LogP contribution in [0.1, 0.15) is 316 Å². The molecule has 440 valence electrons. The fourth-order valence-electron chi connectivity index (χ4n) is 10.6. The molecule has 11 nitrogen and oxygen atoms in total. The molecular weight excluding hydrogens is 931 g/mol. The number of allylic oxidation sites excluding steroid dienone is 2. The molecule has 1 amide bonds. The van der Waals surface area contributed by atoms with Gasteiger partial charge in [-0.3, -0.25) is 4.79 Å². The van der Waals surface area contributed by atoms with Crippen molar-refractivity contribution in [3.05, 3.63) is 12.2 Å². The zero-order valence-electron chi connectivity index (χ0n) is 48.4. The highest BCUT2D eigenvalue weighted by molar-refractivity contribution is 5.80. The van der Waals surface area contributed by atoms with Gasteiger partial charge in [0.2, 0.25) is 5.91 Å². The number of aliphatic hydroxyl groups excluding tert-OH is 7. The van der Waals surface area contributed by atoms with E-state index in [0.717, 1.165) is 38.5 Å². The Labute approximate surface area is 455 Å². The van der Waals surface area contributed by atoms with Crippen LogP contribution in [0.15, 0.2) is 12.2 Å². The molecule has 0 bridgehead atoms. The molecule has 0 radical (unpaired) electrons. The standard InChI is InChI=1S/C63H123NO10/c1-3-5-7-9-11-13-15-17-19-21-23-24-25-26-27-28-29-30-31-33-35-37-39-41-43-45-47-49-51-56(67)62(72)64-54(53-73-63-61(71)60(70)59(69)57(52-65)74-63)58(68)55(66)50-48-46-44-42-40-38-36-34-32-22-20-18-16-14-12-10-8-6-4-2/h26-27,54-61,63,65-71H,3-25,28-53H2,1-2H3,(H,64,72)/b27-26-. The summed E-state index contributed by atoms with van der Waals surface area (Å²) in [6, 6.07) is -1.17. The van der Waals surface area contributed by atoms with Crippen molar-refractivity contribution in [2.24, 2.45) is 0 Å². The first-order valence-electron chi connectivity index (χ1n) is 32.1. The molecule has 1 heterocycles. The van der Waals surface area contributed by atoms with E-state index >= 15 is 0 Å². The van der Waals surface area contributed by atoms with Gasteiger partial charge in [-0.25, -0.2) is 0 Å². The number of aliphatic hydroxyl groups is 7. The number of hydrogen-bond acceptors (Lipinski definition) is 10. The molecule has 8 N–H and O–H groups in total. The summed E-state index contributed by atoms with van der Waals surface area (Å²) in [6.07, 6.45) is 51.3. The van der Waals surface area contributed by atoms with Gasteiger partial charge in [-0.15, -0.1) is 0 Å². The van der Waals surface area contributed by atoms with E-state index in [1.165, 1.54) is 238 Å². The maximum Gasteiger partial charge on any atom is 0.249 e. The average Bonchev–Trinajstić information content (AvgIpc) is 3.40. The molecule has 11 heteroatoms. The van der Waals surface area contributed by atoms with Crippen LogP contribution < -0.4 is 5.32 Å². The van der Waals surface area contributed by atoms with Gasteiger partial charge in [0.1, 0.15) is 36.6 Å². The van der Waals surface area contributed by atoms with Gasteiger partial charge in [0.25, 0.3) is 0 Å². The number of amides is 1. The molecule has 0 aromatic carbocycles. The minimum Gasteiger partial charge on any atom is -0.394 e. The van der Waals surface area contributed by atoms with E-state index in [1.807, 2.05) is 0 Å². The Morgan fingerprint density at radius 1 is 0.459 bits per heavy atom. The van der Waals surface area contributed by atoms with E-state index < -0.39 is 74.2 Å². The fraction of sp³-hybridized carbons (Fsp3) is 0.952. The summed E-state index contributed by atoms with van der Waals surface area (Å²) >= 11 is 0. The number of ether oxygens (including phenoxy) is 2. The Balaban J connectivity index is 2.23. The predicted molar refractivity (Wildman–Crippen MR) is 307 cm³/mol. The number of unbranched alkanes of at least 4 members (excludes halogenated alkanes) is 42. The molecule has 0 aromatic heterocycles. The molecule has 0 spiro atoms. The molecule has 1 rings (SSSR count). The van der Waals surface area contributed by atoms with Gasteiger partial charge in [0.05, 0.1) is 25.4 Å². The van der Waals surface area contributed by atoms with Crippen molar-refractivity contribution >= 4 is 5.91 Å². The van der Waals surface area contributed by atoms with E-state index in [1.54, 1.807) is 0 Å². The Morgan fingerprint density at radius 3 is 1.14 bits per heavy atom. The number of carbonyl (C=O) groups excluding carboxylic acids is 1. The van der Waals surface area contributed by atoms with Crippen molar-refractivity contribution < 1.29 is 50.0 Å². The lowest BCUT2D eigenvalue weighted by Gasteiger charge is -2.40. The van der Waals surface area contributed by atoms with Gasteiger partial charge < -0.3 is 50.5 Å². The monoisotopic (exact) mass is 1050 g/mol. The third-order valence-corrected chi connectivity index (χ3v) is 15.8. The second kappa shape index (κ2) is 52.5. The third kappa shape index (κ3) is 40.1. The molecule has 0 aromatic rings.